The summed E-state index contributed by atoms with van der Waals surface area (Å²) in [6, 6.07) is 29.8. The fraction of sp³-hybridized carbons (Fsp3) is 0.147. The van der Waals surface area contributed by atoms with Crippen molar-refractivity contribution in [1.82, 2.24) is 4.90 Å². The molecule has 3 heterocycles. The Morgan fingerprint density at radius 3 is 2.38 bits per heavy atom. The second-order valence-corrected chi connectivity index (χ2v) is 10.4. The molecule has 0 saturated carbocycles. The van der Waals surface area contributed by atoms with Gasteiger partial charge in [0, 0.05) is 23.0 Å². The topological polar surface area (TPSA) is 75.7 Å². The van der Waals surface area contributed by atoms with Crippen LogP contribution in [0, 0.1) is 5.92 Å². The highest BCUT2D eigenvalue weighted by Gasteiger charge is 2.70. The first-order valence-corrected chi connectivity index (χ1v) is 13.3. The van der Waals surface area contributed by atoms with E-state index in [4.69, 9.17) is 4.74 Å². The van der Waals surface area contributed by atoms with Crippen molar-refractivity contribution in [2.45, 2.75) is 17.5 Å². The van der Waals surface area contributed by atoms with Crippen molar-refractivity contribution in [1.29, 1.82) is 0 Å². The van der Waals surface area contributed by atoms with Crippen LogP contribution in [0.2, 0.25) is 0 Å². The number of rotatable bonds is 5. The zero-order valence-electron chi connectivity index (χ0n) is 21.8. The van der Waals surface area contributed by atoms with E-state index in [1.165, 1.54) is 0 Å². The van der Waals surface area contributed by atoms with Gasteiger partial charge in [0.05, 0.1) is 19.1 Å². The van der Waals surface area contributed by atoms with E-state index in [-0.39, 0.29) is 17.5 Å². The molecule has 4 aromatic rings. The van der Waals surface area contributed by atoms with Crippen LogP contribution in [-0.4, -0.2) is 35.5 Å². The number of hydrogen-bond acceptors (Lipinski definition) is 5. The SMILES string of the molecule is COc1cccc(C(=O)C2C(C(=O)c3ccccc3)N3C=Cc4ccccc4C3C23C(=O)Nc2ccccc23)c1. The van der Waals surface area contributed by atoms with Crippen molar-refractivity contribution >= 4 is 29.2 Å². The summed E-state index contributed by atoms with van der Waals surface area (Å²) in [5, 5.41) is 3.07. The Kier molecular flexibility index (Phi) is 5.46. The van der Waals surface area contributed by atoms with Gasteiger partial charge in [0.25, 0.3) is 0 Å². The second kappa shape index (κ2) is 9.06. The third-order valence-electron chi connectivity index (χ3n) is 8.53. The molecule has 1 spiro atoms. The van der Waals surface area contributed by atoms with Crippen LogP contribution in [0.25, 0.3) is 6.08 Å². The highest BCUT2D eigenvalue weighted by molar-refractivity contribution is 6.16. The van der Waals surface area contributed by atoms with Gasteiger partial charge in [-0.15, -0.1) is 0 Å². The van der Waals surface area contributed by atoms with Crippen molar-refractivity contribution < 1.29 is 19.1 Å². The number of nitrogens with zero attached hydrogens (tertiary/aromatic N) is 1. The quantitative estimate of drug-likeness (QED) is 0.339. The standard InChI is InChI=1S/C34H26N2O4/c1-40-24-14-9-13-23(20-24)30(37)28-29(31(38)22-11-3-2-4-12-22)36-19-18-21-10-5-6-15-25(21)32(36)34(28)26-16-7-8-17-27(26)35-33(34)39/h2-20,28-29,32H,1H3,(H,35,39). The maximum absolute atomic E-state index is 14.8. The zero-order valence-corrected chi connectivity index (χ0v) is 21.8. The van der Waals surface area contributed by atoms with Gasteiger partial charge in [-0.1, -0.05) is 84.9 Å². The molecule has 6 nitrogen and oxygen atoms in total. The first-order valence-electron chi connectivity index (χ1n) is 13.3. The fourth-order valence-corrected chi connectivity index (χ4v) is 6.90. The van der Waals surface area contributed by atoms with E-state index in [2.05, 4.69) is 5.32 Å². The zero-order chi connectivity index (χ0) is 27.4. The van der Waals surface area contributed by atoms with Gasteiger partial charge in [-0.05, 0) is 41.0 Å². The average molecular weight is 527 g/mol. The molecule has 4 atom stereocenters. The predicted octanol–water partition coefficient (Wildman–Crippen LogP) is 5.68. The lowest BCUT2D eigenvalue weighted by molar-refractivity contribution is -0.122. The number of carbonyl (C=O) groups is 3. The molecule has 0 bridgehead atoms. The lowest BCUT2D eigenvalue weighted by Crippen LogP contribution is -2.49. The average Bonchev–Trinajstić information content (AvgIpc) is 3.49. The van der Waals surface area contributed by atoms with Crippen LogP contribution in [0.1, 0.15) is 43.4 Å². The molecule has 1 amide bonds. The molecule has 196 valence electrons. The summed E-state index contributed by atoms with van der Waals surface area (Å²) in [5.41, 5.74) is 2.78. The van der Waals surface area contributed by atoms with Crippen molar-refractivity contribution in [3.05, 3.63) is 137 Å². The molecule has 6 heteroatoms. The van der Waals surface area contributed by atoms with Gasteiger partial charge in [0.1, 0.15) is 17.2 Å². The third-order valence-corrected chi connectivity index (χ3v) is 8.53. The van der Waals surface area contributed by atoms with Crippen molar-refractivity contribution in [3.63, 3.8) is 0 Å². The summed E-state index contributed by atoms with van der Waals surface area (Å²) in [5.74, 6) is -1.25. The smallest absolute Gasteiger partial charge is 0.238 e. The van der Waals surface area contributed by atoms with E-state index in [0.29, 0.717) is 22.6 Å². The summed E-state index contributed by atoms with van der Waals surface area (Å²) in [4.78, 5) is 45.6. The Bertz CT molecular complexity index is 1710. The van der Waals surface area contributed by atoms with E-state index in [0.717, 1.165) is 16.7 Å². The maximum Gasteiger partial charge on any atom is 0.238 e. The summed E-state index contributed by atoms with van der Waals surface area (Å²) in [6.07, 6.45) is 3.84. The minimum Gasteiger partial charge on any atom is -0.497 e. The Morgan fingerprint density at radius 1 is 0.825 bits per heavy atom. The molecule has 3 aliphatic rings. The molecule has 4 unspecified atom stereocenters. The van der Waals surface area contributed by atoms with Crippen LogP contribution < -0.4 is 10.1 Å². The predicted molar refractivity (Wildman–Crippen MR) is 152 cm³/mol. The van der Waals surface area contributed by atoms with Crippen LogP contribution in [0.15, 0.2) is 109 Å². The summed E-state index contributed by atoms with van der Waals surface area (Å²) in [7, 11) is 1.55. The van der Waals surface area contributed by atoms with Crippen molar-refractivity contribution in [2.24, 2.45) is 5.92 Å². The van der Waals surface area contributed by atoms with Gasteiger partial charge in [-0.2, -0.15) is 0 Å². The van der Waals surface area contributed by atoms with E-state index in [1.807, 2.05) is 83.9 Å². The van der Waals surface area contributed by atoms with E-state index in [1.54, 1.807) is 43.5 Å². The molecule has 0 aromatic heterocycles. The molecule has 3 aliphatic heterocycles. The normalized spacial score (nSPS) is 23.8. The van der Waals surface area contributed by atoms with Gasteiger partial charge in [-0.3, -0.25) is 14.4 Å². The van der Waals surface area contributed by atoms with Crippen LogP contribution in [0.4, 0.5) is 5.69 Å². The highest BCUT2D eigenvalue weighted by Crippen LogP contribution is 2.62. The minimum atomic E-state index is -1.35. The third kappa shape index (κ3) is 3.26. The number of Topliss-reactive ketones (excluding diaryl/α,β-unsaturated/α-hetero) is 2. The number of anilines is 1. The van der Waals surface area contributed by atoms with Crippen LogP contribution in [-0.2, 0) is 10.2 Å². The second-order valence-electron chi connectivity index (χ2n) is 10.4. The summed E-state index contributed by atoms with van der Waals surface area (Å²) >= 11 is 0. The molecule has 0 aliphatic carbocycles. The van der Waals surface area contributed by atoms with Gasteiger partial charge in [-0.25, -0.2) is 0 Å². The van der Waals surface area contributed by atoms with Gasteiger partial charge < -0.3 is 15.0 Å². The Labute approximate surface area is 231 Å². The molecule has 4 aromatic carbocycles. The molecule has 7 rings (SSSR count). The van der Waals surface area contributed by atoms with Crippen LogP contribution >= 0.6 is 0 Å². The van der Waals surface area contributed by atoms with Crippen molar-refractivity contribution in [2.75, 3.05) is 12.4 Å². The number of carbonyl (C=O) groups excluding carboxylic acids is 3. The highest BCUT2D eigenvalue weighted by atomic mass is 16.5. The molecule has 40 heavy (non-hydrogen) atoms. The Hall–Kier alpha value is -4.97. The van der Waals surface area contributed by atoms with E-state index < -0.39 is 23.4 Å². The molecule has 1 fully saturated rings. The molecule has 1 N–H and O–H groups in total. The van der Waals surface area contributed by atoms with Gasteiger partial charge in [0.15, 0.2) is 11.6 Å². The lowest BCUT2D eigenvalue weighted by Gasteiger charge is -2.38. The number of fused-ring (bicyclic) bond motifs is 6. The van der Waals surface area contributed by atoms with E-state index >= 15 is 0 Å². The minimum absolute atomic E-state index is 0.204. The number of hydrogen-bond donors (Lipinski definition) is 1. The number of amides is 1. The van der Waals surface area contributed by atoms with Gasteiger partial charge >= 0.3 is 0 Å². The van der Waals surface area contributed by atoms with Crippen LogP contribution in [0.3, 0.4) is 0 Å². The molecular formula is C34H26N2O4. The first-order chi connectivity index (χ1) is 19.6. The van der Waals surface area contributed by atoms with Crippen molar-refractivity contribution in [3.8, 4) is 5.75 Å². The summed E-state index contributed by atoms with van der Waals surface area (Å²) < 4.78 is 5.43. The first kappa shape index (κ1) is 24.1. The molecule has 1 saturated heterocycles. The largest absolute Gasteiger partial charge is 0.497 e. The number of nitrogens with one attached hydrogen (secondary N) is 1. The number of ether oxygens (including phenoxy) is 1. The maximum atomic E-state index is 14.8. The van der Waals surface area contributed by atoms with E-state index in [9.17, 15) is 14.4 Å². The van der Waals surface area contributed by atoms with Gasteiger partial charge in [0.2, 0.25) is 5.91 Å². The number of para-hydroxylation sites is 1. The number of ketones is 2. The lowest BCUT2D eigenvalue weighted by atomic mass is 9.62. The Morgan fingerprint density at radius 2 is 1.55 bits per heavy atom. The monoisotopic (exact) mass is 526 g/mol. The summed E-state index contributed by atoms with van der Waals surface area (Å²) in [6.45, 7) is 0. The number of methoxy groups -OCH3 is 1. The number of benzene rings is 4. The fourth-order valence-electron chi connectivity index (χ4n) is 6.90. The van der Waals surface area contributed by atoms with Crippen LogP contribution in [0.5, 0.6) is 5.75 Å². The molecular weight excluding hydrogens is 500 g/mol. The Balaban J connectivity index is 1.54. The molecule has 0 radical (unpaired) electrons.